The lowest BCUT2D eigenvalue weighted by Crippen LogP contribution is -2.35. The number of carbonyl (C=O) groups excluding carboxylic acids is 1. The van der Waals surface area contributed by atoms with Crippen molar-refractivity contribution in [1.29, 1.82) is 0 Å². The van der Waals surface area contributed by atoms with Crippen molar-refractivity contribution in [2.75, 3.05) is 13.1 Å². The Morgan fingerprint density at radius 3 is 2.40 bits per heavy atom. The van der Waals surface area contributed by atoms with Crippen LogP contribution in [0.3, 0.4) is 0 Å². The maximum absolute atomic E-state index is 12.3. The first-order chi connectivity index (χ1) is 9.58. The third kappa shape index (κ3) is 5.28. The number of unbranched alkanes of at least 4 members (excludes halogenated alkanes) is 2. The van der Waals surface area contributed by atoms with Crippen LogP contribution in [-0.4, -0.2) is 44.0 Å². The molecule has 1 atom stereocenters. The predicted molar refractivity (Wildman–Crippen MR) is 77.1 cm³/mol. The average Bonchev–Trinajstić information content (AvgIpc) is 2.87. The van der Waals surface area contributed by atoms with Crippen molar-refractivity contribution in [1.82, 2.24) is 19.9 Å². The Bertz CT molecular complexity index is 396. The first-order valence-corrected chi connectivity index (χ1v) is 7.44. The number of rotatable bonds is 9. The first kappa shape index (κ1) is 16.6. The van der Waals surface area contributed by atoms with Crippen LogP contribution >= 0.6 is 0 Å². The Kier molecular flexibility index (Phi) is 7.22. The van der Waals surface area contributed by atoms with Crippen molar-refractivity contribution in [3.63, 3.8) is 0 Å². The summed E-state index contributed by atoms with van der Waals surface area (Å²) < 4.78 is 1.50. The van der Waals surface area contributed by atoms with Gasteiger partial charge in [0.2, 0.25) is 5.91 Å². The quantitative estimate of drug-likeness (QED) is 0.749. The largest absolute Gasteiger partial charge is 0.387 e. The zero-order chi connectivity index (χ0) is 15.0. The highest BCUT2D eigenvalue weighted by molar-refractivity contribution is 5.75. The van der Waals surface area contributed by atoms with Gasteiger partial charge in [0.15, 0.2) is 0 Å². The van der Waals surface area contributed by atoms with Gasteiger partial charge in [-0.3, -0.25) is 4.79 Å². The average molecular weight is 282 g/mol. The molecule has 1 N–H and O–H groups in total. The maximum Gasteiger partial charge on any atom is 0.244 e. The van der Waals surface area contributed by atoms with Crippen LogP contribution < -0.4 is 0 Å². The number of nitrogens with zero attached hydrogens (tertiary/aromatic N) is 4. The summed E-state index contributed by atoms with van der Waals surface area (Å²) in [6.45, 7) is 7.66. The van der Waals surface area contributed by atoms with Gasteiger partial charge in [-0.2, -0.15) is 0 Å². The highest BCUT2D eigenvalue weighted by Gasteiger charge is 2.15. The summed E-state index contributed by atoms with van der Waals surface area (Å²) in [4.78, 5) is 14.2. The second-order valence-electron chi connectivity index (χ2n) is 5.10. The molecule has 20 heavy (non-hydrogen) atoms. The molecule has 1 rings (SSSR count). The molecule has 1 aromatic heterocycles. The number of hydrogen-bond donors (Lipinski definition) is 1. The van der Waals surface area contributed by atoms with Gasteiger partial charge >= 0.3 is 0 Å². The molecule has 6 heteroatoms. The van der Waals surface area contributed by atoms with Crippen LogP contribution in [-0.2, 0) is 11.3 Å². The first-order valence-electron chi connectivity index (χ1n) is 7.44. The van der Waals surface area contributed by atoms with Gasteiger partial charge < -0.3 is 10.0 Å². The summed E-state index contributed by atoms with van der Waals surface area (Å²) in [5, 5.41) is 17.1. The molecule has 0 aliphatic heterocycles. The Balaban J connectivity index is 2.58. The number of carbonyl (C=O) groups is 1. The van der Waals surface area contributed by atoms with Gasteiger partial charge in [0.25, 0.3) is 0 Å². The zero-order valence-electron chi connectivity index (χ0n) is 12.7. The fraction of sp³-hybridized carbons (Fsp3) is 0.786. The van der Waals surface area contributed by atoms with E-state index >= 15 is 0 Å². The minimum atomic E-state index is -0.657. The standard InChI is InChI=1S/C14H26N4O2/c1-4-6-8-17(9-7-5-2)14(20)11-18-10-13(12(3)19)15-16-18/h10,12,19H,4-9,11H2,1-3H3. The van der Waals surface area contributed by atoms with Crippen molar-refractivity contribution in [2.45, 2.75) is 59.1 Å². The minimum absolute atomic E-state index is 0.0638. The summed E-state index contributed by atoms with van der Waals surface area (Å²) >= 11 is 0. The van der Waals surface area contributed by atoms with E-state index in [2.05, 4.69) is 24.2 Å². The lowest BCUT2D eigenvalue weighted by atomic mass is 10.2. The van der Waals surface area contributed by atoms with E-state index in [0.717, 1.165) is 38.8 Å². The monoisotopic (exact) mass is 282 g/mol. The molecule has 1 heterocycles. The van der Waals surface area contributed by atoms with E-state index in [4.69, 9.17) is 0 Å². The molecule has 0 aliphatic rings. The van der Waals surface area contributed by atoms with Crippen LogP contribution in [0.15, 0.2) is 6.20 Å². The number of aliphatic hydroxyl groups excluding tert-OH is 1. The highest BCUT2D eigenvalue weighted by Crippen LogP contribution is 2.07. The van der Waals surface area contributed by atoms with E-state index < -0.39 is 6.10 Å². The minimum Gasteiger partial charge on any atom is -0.387 e. The number of hydrogen-bond acceptors (Lipinski definition) is 4. The molecule has 0 bridgehead atoms. The SMILES string of the molecule is CCCCN(CCCC)C(=O)Cn1cc(C(C)O)nn1. The third-order valence-electron chi connectivity index (χ3n) is 3.20. The summed E-state index contributed by atoms with van der Waals surface area (Å²) in [6, 6.07) is 0. The molecule has 0 radical (unpaired) electrons. The van der Waals surface area contributed by atoms with Gasteiger partial charge in [-0.05, 0) is 19.8 Å². The van der Waals surface area contributed by atoms with Crippen LogP contribution in [0.2, 0.25) is 0 Å². The summed E-state index contributed by atoms with van der Waals surface area (Å²) in [7, 11) is 0. The summed E-state index contributed by atoms with van der Waals surface area (Å²) in [5.41, 5.74) is 0.492. The fourth-order valence-corrected chi connectivity index (χ4v) is 1.88. The molecule has 0 saturated carbocycles. The smallest absolute Gasteiger partial charge is 0.244 e. The number of aromatic nitrogens is 3. The molecule has 0 aromatic carbocycles. The molecule has 0 aliphatic carbocycles. The van der Waals surface area contributed by atoms with E-state index in [1.165, 1.54) is 4.68 Å². The van der Waals surface area contributed by atoms with Crippen molar-refractivity contribution in [3.8, 4) is 0 Å². The van der Waals surface area contributed by atoms with E-state index in [9.17, 15) is 9.90 Å². The van der Waals surface area contributed by atoms with Crippen LogP contribution in [0.4, 0.5) is 0 Å². The fourth-order valence-electron chi connectivity index (χ4n) is 1.88. The van der Waals surface area contributed by atoms with E-state index in [-0.39, 0.29) is 12.5 Å². The van der Waals surface area contributed by atoms with Crippen LogP contribution in [0.25, 0.3) is 0 Å². The zero-order valence-corrected chi connectivity index (χ0v) is 12.7. The van der Waals surface area contributed by atoms with Crippen LogP contribution in [0.1, 0.15) is 58.3 Å². The van der Waals surface area contributed by atoms with Crippen LogP contribution in [0, 0.1) is 0 Å². The lowest BCUT2D eigenvalue weighted by Gasteiger charge is -2.22. The molecule has 1 aromatic rings. The van der Waals surface area contributed by atoms with Crippen molar-refractivity contribution in [2.24, 2.45) is 0 Å². The van der Waals surface area contributed by atoms with Gasteiger partial charge in [0.1, 0.15) is 12.2 Å². The van der Waals surface area contributed by atoms with Gasteiger partial charge in [-0.25, -0.2) is 4.68 Å². The Labute approximate surface area is 120 Å². The lowest BCUT2D eigenvalue weighted by molar-refractivity contribution is -0.132. The Hall–Kier alpha value is -1.43. The maximum atomic E-state index is 12.3. The molecular weight excluding hydrogens is 256 g/mol. The summed E-state index contributed by atoms with van der Waals surface area (Å²) in [5.74, 6) is 0.0638. The molecule has 0 fully saturated rings. The van der Waals surface area contributed by atoms with Gasteiger partial charge in [0, 0.05) is 13.1 Å². The molecule has 1 amide bonds. The predicted octanol–water partition coefficient (Wildman–Crippen LogP) is 1.76. The highest BCUT2D eigenvalue weighted by atomic mass is 16.3. The van der Waals surface area contributed by atoms with Gasteiger partial charge in [-0.1, -0.05) is 31.9 Å². The Morgan fingerprint density at radius 1 is 1.35 bits per heavy atom. The number of aliphatic hydroxyl groups is 1. The third-order valence-corrected chi connectivity index (χ3v) is 3.20. The molecule has 6 nitrogen and oxygen atoms in total. The molecule has 0 saturated heterocycles. The van der Waals surface area contributed by atoms with E-state index in [0.29, 0.717) is 5.69 Å². The topological polar surface area (TPSA) is 71.2 Å². The summed E-state index contributed by atoms with van der Waals surface area (Å²) in [6.07, 6.45) is 5.16. The van der Waals surface area contributed by atoms with E-state index in [1.807, 2.05) is 4.90 Å². The number of amides is 1. The molecular formula is C14H26N4O2. The molecule has 0 spiro atoms. The van der Waals surface area contributed by atoms with Gasteiger partial charge in [0.05, 0.1) is 12.3 Å². The normalized spacial score (nSPS) is 12.4. The molecule has 1 unspecified atom stereocenters. The molecule has 114 valence electrons. The second-order valence-corrected chi connectivity index (χ2v) is 5.10. The van der Waals surface area contributed by atoms with Crippen molar-refractivity contribution < 1.29 is 9.90 Å². The van der Waals surface area contributed by atoms with Crippen molar-refractivity contribution >= 4 is 5.91 Å². The van der Waals surface area contributed by atoms with Crippen molar-refractivity contribution in [3.05, 3.63) is 11.9 Å². The van der Waals surface area contributed by atoms with Gasteiger partial charge in [-0.15, -0.1) is 5.10 Å². The second kappa shape index (κ2) is 8.68. The van der Waals surface area contributed by atoms with Crippen LogP contribution in [0.5, 0.6) is 0 Å². The Morgan fingerprint density at radius 2 is 1.95 bits per heavy atom. The van der Waals surface area contributed by atoms with E-state index in [1.54, 1.807) is 13.1 Å².